The molecule has 3 aromatic carbocycles. The zero-order chi connectivity index (χ0) is 27.1. The van der Waals surface area contributed by atoms with Crippen molar-refractivity contribution < 1.29 is 28.6 Å². The molecule has 198 valence electrons. The number of hydrogen-bond donors (Lipinski definition) is 1. The number of fused-ring (bicyclic) bond motifs is 1. The van der Waals surface area contributed by atoms with Gasteiger partial charge in [0, 0.05) is 28.1 Å². The second kappa shape index (κ2) is 12.6. The van der Waals surface area contributed by atoms with Gasteiger partial charge in [0.25, 0.3) is 0 Å². The van der Waals surface area contributed by atoms with Crippen molar-refractivity contribution in [3.05, 3.63) is 82.9 Å². The predicted octanol–water partition coefficient (Wildman–Crippen LogP) is 6.56. The quantitative estimate of drug-likeness (QED) is 0.153. The largest absolute Gasteiger partial charge is 0.494 e. The number of nitrogens with zero attached hydrogens (tertiary/aromatic N) is 1. The summed E-state index contributed by atoms with van der Waals surface area (Å²) in [4.78, 5) is 26.9. The van der Waals surface area contributed by atoms with E-state index in [1.54, 1.807) is 66.7 Å². The summed E-state index contributed by atoms with van der Waals surface area (Å²) in [5.41, 5.74) is 2.07. The molecule has 0 radical (unpaired) electrons. The van der Waals surface area contributed by atoms with Crippen LogP contribution < -0.4 is 9.47 Å². The highest BCUT2D eigenvalue weighted by molar-refractivity contribution is 6.32. The highest BCUT2D eigenvalue weighted by Gasteiger charge is 2.24. The number of rotatable bonds is 13. The van der Waals surface area contributed by atoms with E-state index in [1.165, 1.54) is 0 Å². The maximum Gasteiger partial charge on any atom is 0.341 e. The van der Waals surface area contributed by atoms with E-state index in [0.29, 0.717) is 56.5 Å². The predicted molar refractivity (Wildman–Crippen MR) is 148 cm³/mol. The first-order chi connectivity index (χ1) is 18.4. The van der Waals surface area contributed by atoms with Crippen molar-refractivity contribution in [2.45, 2.75) is 20.3 Å². The van der Waals surface area contributed by atoms with E-state index in [9.17, 15) is 9.59 Å². The van der Waals surface area contributed by atoms with E-state index < -0.39 is 12.6 Å². The summed E-state index contributed by atoms with van der Waals surface area (Å²) >= 11 is 6.26. The Bertz CT molecular complexity index is 1390. The van der Waals surface area contributed by atoms with Crippen molar-refractivity contribution in [2.24, 2.45) is 0 Å². The number of carboxylic acids is 1. The minimum atomic E-state index is -1.06. The van der Waals surface area contributed by atoms with Crippen molar-refractivity contribution in [3.8, 4) is 22.8 Å². The van der Waals surface area contributed by atoms with Crippen LogP contribution in [-0.4, -0.2) is 54.6 Å². The number of furan rings is 1. The summed E-state index contributed by atoms with van der Waals surface area (Å²) in [5.74, 6) is 0.232. The second-order valence-corrected chi connectivity index (χ2v) is 9.17. The third-order valence-corrected chi connectivity index (χ3v) is 6.49. The highest BCUT2D eigenvalue weighted by atomic mass is 35.5. The van der Waals surface area contributed by atoms with Gasteiger partial charge in [0.2, 0.25) is 0 Å². The Morgan fingerprint density at radius 2 is 1.58 bits per heavy atom. The number of ether oxygens (including phenoxy) is 2. The van der Waals surface area contributed by atoms with Gasteiger partial charge in [-0.3, -0.25) is 4.79 Å². The Morgan fingerprint density at radius 1 is 0.921 bits per heavy atom. The lowest BCUT2D eigenvalue weighted by atomic mass is 9.97. The smallest absolute Gasteiger partial charge is 0.341 e. The number of ketones is 1. The Balaban J connectivity index is 1.57. The molecular formula is C30H30ClNO6. The molecule has 0 saturated carbocycles. The van der Waals surface area contributed by atoms with Crippen LogP contribution in [0.5, 0.6) is 11.5 Å². The van der Waals surface area contributed by atoms with Gasteiger partial charge in [0.1, 0.15) is 22.8 Å². The number of carbonyl (C=O) groups excluding carboxylic acids is 1. The van der Waals surface area contributed by atoms with Gasteiger partial charge in [-0.05, 0) is 86.2 Å². The number of halogens is 1. The molecule has 38 heavy (non-hydrogen) atoms. The molecule has 0 saturated heterocycles. The average molecular weight is 536 g/mol. The number of carbonyl (C=O) groups is 2. The third kappa shape index (κ3) is 6.54. The SMILES string of the molecule is CCN(CC)CCCOc1ccc(C(=O)c2c(-c3ccc(OCC(=O)O)cc3)oc3ccc(Cl)cc23)cc1. The molecule has 0 aliphatic carbocycles. The molecule has 7 nitrogen and oxygen atoms in total. The number of benzene rings is 3. The van der Waals surface area contributed by atoms with Gasteiger partial charge in [0.15, 0.2) is 12.4 Å². The summed E-state index contributed by atoms with van der Waals surface area (Å²) in [6.45, 7) is 7.48. The molecule has 0 bridgehead atoms. The Labute approximate surface area is 226 Å². The highest BCUT2D eigenvalue weighted by Crippen LogP contribution is 2.37. The fourth-order valence-corrected chi connectivity index (χ4v) is 4.38. The zero-order valence-electron chi connectivity index (χ0n) is 21.4. The first-order valence-electron chi connectivity index (χ1n) is 12.6. The molecule has 1 heterocycles. The molecule has 4 rings (SSSR count). The van der Waals surface area contributed by atoms with Crippen molar-refractivity contribution >= 4 is 34.3 Å². The minimum absolute atomic E-state index is 0.208. The lowest BCUT2D eigenvalue weighted by molar-refractivity contribution is -0.139. The lowest BCUT2D eigenvalue weighted by Gasteiger charge is -2.17. The Hall–Kier alpha value is -3.81. The van der Waals surface area contributed by atoms with Gasteiger partial charge < -0.3 is 23.9 Å². The molecule has 8 heteroatoms. The fraction of sp³-hybridized carbons (Fsp3) is 0.267. The zero-order valence-corrected chi connectivity index (χ0v) is 22.2. The minimum Gasteiger partial charge on any atom is -0.494 e. The van der Waals surface area contributed by atoms with Crippen molar-refractivity contribution in [1.29, 1.82) is 0 Å². The summed E-state index contributed by atoms with van der Waals surface area (Å²) in [6.07, 6.45) is 0.924. The van der Waals surface area contributed by atoms with Gasteiger partial charge in [-0.25, -0.2) is 4.79 Å². The van der Waals surface area contributed by atoms with Gasteiger partial charge in [-0.1, -0.05) is 25.4 Å². The number of hydrogen-bond acceptors (Lipinski definition) is 6. The standard InChI is InChI=1S/C30H30ClNO6/c1-3-32(4-2)16-5-17-36-23-11-6-20(7-12-23)29(35)28-25-18-22(31)10-15-26(25)38-30(28)21-8-13-24(14-9-21)37-19-27(33)34/h6-15,18H,3-5,16-17,19H2,1-2H3,(H,33,34). The second-order valence-electron chi connectivity index (χ2n) is 8.74. The van der Waals surface area contributed by atoms with Gasteiger partial charge >= 0.3 is 5.97 Å². The molecule has 0 spiro atoms. The van der Waals surface area contributed by atoms with Crippen LogP contribution >= 0.6 is 11.6 Å². The van der Waals surface area contributed by atoms with Crippen LogP contribution in [-0.2, 0) is 4.79 Å². The summed E-state index contributed by atoms with van der Waals surface area (Å²) in [6, 6.07) is 19.0. The first-order valence-corrected chi connectivity index (χ1v) is 12.9. The summed E-state index contributed by atoms with van der Waals surface area (Å²) in [7, 11) is 0. The topological polar surface area (TPSA) is 89.2 Å². The third-order valence-electron chi connectivity index (χ3n) is 6.25. The first kappa shape index (κ1) is 27.2. The molecule has 0 fully saturated rings. The molecule has 1 N–H and O–H groups in total. The van der Waals surface area contributed by atoms with E-state index in [1.807, 2.05) is 0 Å². The molecule has 0 atom stereocenters. The van der Waals surface area contributed by atoms with Crippen molar-refractivity contribution in [2.75, 3.05) is 32.8 Å². The van der Waals surface area contributed by atoms with Gasteiger partial charge in [0.05, 0.1) is 12.2 Å². The summed E-state index contributed by atoms with van der Waals surface area (Å²) < 4.78 is 17.2. The van der Waals surface area contributed by atoms with Crippen LogP contribution in [0, 0.1) is 0 Å². The van der Waals surface area contributed by atoms with Crippen LogP contribution in [0.15, 0.2) is 71.1 Å². The van der Waals surface area contributed by atoms with E-state index in [0.717, 1.165) is 26.1 Å². The molecule has 0 aliphatic heterocycles. The monoisotopic (exact) mass is 535 g/mol. The average Bonchev–Trinajstić information content (AvgIpc) is 3.30. The van der Waals surface area contributed by atoms with Crippen LogP contribution in [0.1, 0.15) is 36.2 Å². The molecular weight excluding hydrogens is 506 g/mol. The molecule has 1 aromatic heterocycles. The van der Waals surface area contributed by atoms with Crippen molar-refractivity contribution in [3.63, 3.8) is 0 Å². The van der Waals surface area contributed by atoms with E-state index in [4.69, 9.17) is 30.6 Å². The van der Waals surface area contributed by atoms with Gasteiger partial charge in [-0.2, -0.15) is 0 Å². The normalized spacial score (nSPS) is 11.2. The van der Waals surface area contributed by atoms with Crippen LogP contribution in [0.25, 0.3) is 22.3 Å². The maximum atomic E-state index is 13.7. The lowest BCUT2D eigenvalue weighted by Crippen LogP contribution is -2.25. The molecule has 0 aliphatic rings. The van der Waals surface area contributed by atoms with Crippen LogP contribution in [0.3, 0.4) is 0 Å². The van der Waals surface area contributed by atoms with E-state index in [2.05, 4.69) is 18.7 Å². The van der Waals surface area contributed by atoms with Crippen LogP contribution in [0.2, 0.25) is 5.02 Å². The van der Waals surface area contributed by atoms with Crippen LogP contribution in [0.4, 0.5) is 0 Å². The fourth-order valence-electron chi connectivity index (χ4n) is 4.21. The van der Waals surface area contributed by atoms with E-state index >= 15 is 0 Å². The van der Waals surface area contributed by atoms with E-state index in [-0.39, 0.29) is 5.78 Å². The Kier molecular flexibility index (Phi) is 9.05. The molecule has 4 aromatic rings. The van der Waals surface area contributed by atoms with Crippen molar-refractivity contribution in [1.82, 2.24) is 4.90 Å². The Morgan fingerprint density at radius 3 is 2.24 bits per heavy atom. The molecule has 0 unspecified atom stereocenters. The maximum absolute atomic E-state index is 13.7. The number of carboxylic acid groups (broad SMARTS) is 1. The number of aliphatic carboxylic acids is 1. The molecule has 0 amide bonds. The summed E-state index contributed by atoms with van der Waals surface area (Å²) in [5, 5.41) is 9.93. The van der Waals surface area contributed by atoms with Gasteiger partial charge in [-0.15, -0.1) is 0 Å².